The van der Waals surface area contributed by atoms with E-state index in [2.05, 4.69) is 9.97 Å². The fraction of sp³-hybridized carbons (Fsp3) is 0.278. The van der Waals surface area contributed by atoms with Crippen LogP contribution in [0.2, 0.25) is 0 Å². The van der Waals surface area contributed by atoms with Crippen LogP contribution < -0.4 is 0 Å². The molecule has 3 heterocycles. The first-order chi connectivity index (χ1) is 11.7. The van der Waals surface area contributed by atoms with Crippen molar-refractivity contribution >= 4 is 17.2 Å². The van der Waals surface area contributed by atoms with Crippen LogP contribution >= 0.6 is 11.3 Å². The van der Waals surface area contributed by atoms with Crippen molar-refractivity contribution in [1.29, 1.82) is 0 Å². The smallest absolute Gasteiger partial charge is 0.266 e. The van der Waals surface area contributed by atoms with E-state index in [9.17, 15) is 4.79 Å². The zero-order valence-corrected chi connectivity index (χ0v) is 14.1. The van der Waals surface area contributed by atoms with Crippen molar-refractivity contribution in [2.45, 2.75) is 31.8 Å². The van der Waals surface area contributed by atoms with Crippen LogP contribution in [0.3, 0.4) is 0 Å². The molecule has 1 aliphatic rings. The van der Waals surface area contributed by atoms with Gasteiger partial charge in [-0.15, -0.1) is 11.3 Å². The number of amides is 1. The molecule has 0 unspecified atom stereocenters. The van der Waals surface area contributed by atoms with Crippen molar-refractivity contribution in [2.24, 2.45) is 0 Å². The van der Waals surface area contributed by atoms with E-state index < -0.39 is 0 Å². The molecule has 4 rings (SSSR count). The Hall–Kier alpha value is -2.47. The molecule has 0 aliphatic heterocycles. The second-order valence-electron chi connectivity index (χ2n) is 5.90. The SMILES string of the molecule is C[C@H](c1ccco1)N(C(=O)c1cnc(-c2ccncc2)s1)C1CC1. The second-order valence-corrected chi connectivity index (χ2v) is 6.93. The van der Waals surface area contributed by atoms with Gasteiger partial charge in [0.1, 0.15) is 15.6 Å². The molecule has 1 amide bonds. The summed E-state index contributed by atoms with van der Waals surface area (Å²) in [4.78, 5) is 24.1. The van der Waals surface area contributed by atoms with E-state index in [1.54, 1.807) is 24.9 Å². The first kappa shape index (κ1) is 15.1. The molecule has 6 heteroatoms. The maximum absolute atomic E-state index is 13.0. The summed E-state index contributed by atoms with van der Waals surface area (Å²) in [6, 6.07) is 7.79. The van der Waals surface area contributed by atoms with Crippen LogP contribution in [0.15, 0.2) is 53.5 Å². The van der Waals surface area contributed by atoms with Gasteiger partial charge < -0.3 is 9.32 Å². The van der Waals surface area contributed by atoms with E-state index in [-0.39, 0.29) is 11.9 Å². The number of nitrogens with zero attached hydrogens (tertiary/aromatic N) is 3. The van der Waals surface area contributed by atoms with Gasteiger partial charge in [-0.05, 0) is 44.0 Å². The Bertz CT molecular complexity index is 825. The largest absolute Gasteiger partial charge is 0.467 e. The Kier molecular flexibility index (Phi) is 3.90. The number of hydrogen-bond donors (Lipinski definition) is 0. The number of pyridine rings is 1. The van der Waals surface area contributed by atoms with Gasteiger partial charge in [0.2, 0.25) is 0 Å². The minimum atomic E-state index is -0.0773. The van der Waals surface area contributed by atoms with E-state index in [1.807, 2.05) is 36.1 Å². The summed E-state index contributed by atoms with van der Waals surface area (Å²) in [7, 11) is 0. The Balaban J connectivity index is 1.61. The summed E-state index contributed by atoms with van der Waals surface area (Å²) in [5.74, 6) is 0.841. The zero-order valence-electron chi connectivity index (χ0n) is 13.3. The quantitative estimate of drug-likeness (QED) is 0.700. The number of carbonyl (C=O) groups is 1. The molecule has 0 spiro atoms. The third-order valence-corrected chi connectivity index (χ3v) is 5.23. The Morgan fingerprint density at radius 3 is 2.79 bits per heavy atom. The van der Waals surface area contributed by atoms with Crippen molar-refractivity contribution in [1.82, 2.24) is 14.9 Å². The molecule has 0 saturated heterocycles. The van der Waals surface area contributed by atoms with Gasteiger partial charge in [0.05, 0.1) is 18.5 Å². The zero-order chi connectivity index (χ0) is 16.5. The number of aromatic nitrogens is 2. The van der Waals surface area contributed by atoms with Gasteiger partial charge in [0.25, 0.3) is 5.91 Å². The van der Waals surface area contributed by atoms with E-state index >= 15 is 0 Å². The maximum atomic E-state index is 13.0. The van der Waals surface area contributed by atoms with Gasteiger partial charge in [-0.2, -0.15) is 0 Å². The van der Waals surface area contributed by atoms with Gasteiger partial charge in [-0.3, -0.25) is 9.78 Å². The van der Waals surface area contributed by atoms with Crippen LogP contribution in [-0.4, -0.2) is 26.8 Å². The minimum absolute atomic E-state index is 0.0270. The molecular formula is C18H17N3O2S. The highest BCUT2D eigenvalue weighted by molar-refractivity contribution is 7.16. The van der Waals surface area contributed by atoms with Crippen LogP contribution in [0.25, 0.3) is 10.6 Å². The number of furan rings is 1. The predicted octanol–water partition coefficient (Wildman–Crippen LogP) is 4.16. The van der Waals surface area contributed by atoms with Crippen LogP contribution in [0.4, 0.5) is 0 Å². The molecule has 0 N–H and O–H groups in total. The van der Waals surface area contributed by atoms with E-state index in [4.69, 9.17) is 4.42 Å². The topological polar surface area (TPSA) is 59.2 Å². The minimum Gasteiger partial charge on any atom is -0.467 e. The Labute approximate surface area is 144 Å². The van der Waals surface area contributed by atoms with E-state index in [1.165, 1.54) is 11.3 Å². The van der Waals surface area contributed by atoms with Crippen LogP contribution in [0, 0.1) is 0 Å². The molecule has 0 radical (unpaired) electrons. The first-order valence-corrected chi connectivity index (χ1v) is 8.78. The summed E-state index contributed by atoms with van der Waals surface area (Å²) < 4.78 is 5.50. The number of carbonyl (C=O) groups excluding carboxylic acids is 1. The number of thiazole rings is 1. The van der Waals surface area contributed by atoms with Gasteiger partial charge in [0, 0.05) is 24.0 Å². The van der Waals surface area contributed by atoms with Crippen LogP contribution in [-0.2, 0) is 0 Å². The molecule has 5 nitrogen and oxygen atoms in total. The maximum Gasteiger partial charge on any atom is 0.266 e. The first-order valence-electron chi connectivity index (χ1n) is 7.96. The van der Waals surface area contributed by atoms with Crippen LogP contribution in [0.5, 0.6) is 0 Å². The monoisotopic (exact) mass is 339 g/mol. The van der Waals surface area contributed by atoms with Gasteiger partial charge in [0.15, 0.2) is 0 Å². The van der Waals surface area contributed by atoms with Crippen molar-refractivity contribution in [2.75, 3.05) is 0 Å². The third-order valence-electron chi connectivity index (χ3n) is 4.19. The van der Waals surface area contributed by atoms with Crippen molar-refractivity contribution in [3.63, 3.8) is 0 Å². The lowest BCUT2D eigenvalue weighted by atomic mass is 10.2. The summed E-state index contributed by atoms with van der Waals surface area (Å²) in [5, 5.41) is 0.835. The highest BCUT2D eigenvalue weighted by atomic mass is 32.1. The number of rotatable bonds is 5. The predicted molar refractivity (Wildman–Crippen MR) is 91.7 cm³/mol. The van der Waals surface area contributed by atoms with Gasteiger partial charge >= 0.3 is 0 Å². The molecule has 24 heavy (non-hydrogen) atoms. The Morgan fingerprint density at radius 2 is 2.12 bits per heavy atom. The highest BCUT2D eigenvalue weighted by Gasteiger charge is 2.38. The number of hydrogen-bond acceptors (Lipinski definition) is 5. The molecule has 1 fully saturated rings. The standard InChI is InChI=1S/C18H17N3O2S/c1-12(15-3-2-10-23-15)21(14-4-5-14)18(22)16-11-20-17(24-16)13-6-8-19-9-7-13/h2-3,6-12,14H,4-5H2,1H3/t12-/m1/s1. The fourth-order valence-electron chi connectivity index (χ4n) is 2.80. The molecule has 1 saturated carbocycles. The van der Waals surface area contributed by atoms with Crippen molar-refractivity contribution in [3.05, 3.63) is 59.8 Å². The summed E-state index contributed by atoms with van der Waals surface area (Å²) >= 11 is 1.42. The summed E-state index contributed by atoms with van der Waals surface area (Å²) in [6.07, 6.45) is 8.88. The third kappa shape index (κ3) is 2.85. The van der Waals surface area contributed by atoms with Crippen LogP contribution in [0.1, 0.15) is 41.2 Å². The molecular weight excluding hydrogens is 322 g/mol. The lowest BCUT2D eigenvalue weighted by Crippen LogP contribution is -2.35. The van der Waals surface area contributed by atoms with Gasteiger partial charge in [-0.1, -0.05) is 0 Å². The summed E-state index contributed by atoms with van der Waals surface area (Å²) in [5.41, 5.74) is 0.978. The lowest BCUT2D eigenvalue weighted by molar-refractivity contribution is 0.0657. The molecule has 3 aromatic heterocycles. The molecule has 1 aliphatic carbocycles. The normalized spacial score (nSPS) is 15.2. The average molecular weight is 339 g/mol. The molecule has 1 atom stereocenters. The fourth-order valence-corrected chi connectivity index (χ4v) is 3.67. The molecule has 3 aromatic rings. The molecule has 122 valence electrons. The lowest BCUT2D eigenvalue weighted by Gasteiger charge is -2.27. The highest BCUT2D eigenvalue weighted by Crippen LogP contribution is 2.37. The van der Waals surface area contributed by atoms with Gasteiger partial charge in [-0.25, -0.2) is 4.98 Å². The van der Waals surface area contributed by atoms with Crippen molar-refractivity contribution in [3.8, 4) is 10.6 Å². The average Bonchev–Trinajstić information content (AvgIpc) is 3.12. The molecule has 0 aromatic carbocycles. The summed E-state index contributed by atoms with van der Waals surface area (Å²) in [6.45, 7) is 2.01. The van der Waals surface area contributed by atoms with Crippen molar-refractivity contribution < 1.29 is 9.21 Å². The van der Waals surface area contributed by atoms with E-state index in [0.717, 1.165) is 29.2 Å². The Morgan fingerprint density at radius 1 is 1.33 bits per heavy atom. The molecule has 0 bridgehead atoms. The second kappa shape index (κ2) is 6.20. The van der Waals surface area contributed by atoms with E-state index in [0.29, 0.717) is 10.9 Å².